The highest BCUT2D eigenvalue weighted by Gasteiger charge is 2.17. The molecule has 0 bridgehead atoms. The Morgan fingerprint density at radius 1 is 1.17 bits per heavy atom. The first kappa shape index (κ1) is 27.0. The summed E-state index contributed by atoms with van der Waals surface area (Å²) in [5.74, 6) is 2.04. The summed E-state index contributed by atoms with van der Waals surface area (Å²) < 4.78 is 13.3. The molecule has 3 rings (SSSR count). The molecule has 36 heavy (non-hydrogen) atoms. The van der Waals surface area contributed by atoms with E-state index >= 15 is 0 Å². The number of azide groups is 1. The Balaban J connectivity index is 1.91. The van der Waals surface area contributed by atoms with Crippen molar-refractivity contribution in [3.8, 4) is 11.5 Å². The van der Waals surface area contributed by atoms with Crippen molar-refractivity contribution in [3.05, 3.63) is 39.9 Å². The molecule has 0 unspecified atom stereocenters. The fourth-order valence-electron chi connectivity index (χ4n) is 3.98. The Bertz CT molecular complexity index is 1160. The fourth-order valence-corrected chi connectivity index (χ4v) is 3.98. The van der Waals surface area contributed by atoms with E-state index in [4.69, 9.17) is 25.8 Å². The minimum absolute atomic E-state index is 0.0543. The van der Waals surface area contributed by atoms with E-state index < -0.39 is 0 Å². The van der Waals surface area contributed by atoms with Crippen molar-refractivity contribution in [1.29, 1.82) is 0 Å². The lowest BCUT2D eigenvalue weighted by molar-refractivity contribution is 0.317. The van der Waals surface area contributed by atoms with E-state index in [1.54, 1.807) is 25.1 Å². The van der Waals surface area contributed by atoms with Gasteiger partial charge in [-0.2, -0.15) is 5.10 Å². The van der Waals surface area contributed by atoms with Crippen LogP contribution in [0.15, 0.2) is 23.4 Å². The van der Waals surface area contributed by atoms with E-state index in [0.29, 0.717) is 29.9 Å². The summed E-state index contributed by atoms with van der Waals surface area (Å²) in [6.07, 6.45) is 5.89. The van der Waals surface area contributed by atoms with Crippen LogP contribution < -0.4 is 20.5 Å². The Morgan fingerprint density at radius 3 is 2.56 bits per heavy atom. The summed E-state index contributed by atoms with van der Waals surface area (Å²) in [4.78, 5) is 13.8. The molecule has 0 fully saturated rings. The van der Waals surface area contributed by atoms with Crippen LogP contribution in [0.25, 0.3) is 21.5 Å². The monoisotopic (exact) mass is 496 g/mol. The van der Waals surface area contributed by atoms with Crippen molar-refractivity contribution < 1.29 is 9.47 Å². The molecule has 0 saturated carbocycles. The van der Waals surface area contributed by atoms with Crippen LogP contribution in [0.4, 0.5) is 11.8 Å². The zero-order valence-electron chi connectivity index (χ0n) is 21.6. The van der Waals surface area contributed by atoms with E-state index in [1.165, 1.54) is 0 Å². The van der Waals surface area contributed by atoms with Crippen LogP contribution in [-0.4, -0.2) is 65.5 Å². The first-order valence-corrected chi connectivity index (χ1v) is 12.2. The highest BCUT2D eigenvalue weighted by atomic mass is 16.5. The van der Waals surface area contributed by atoms with E-state index in [-0.39, 0.29) is 5.95 Å². The van der Waals surface area contributed by atoms with Crippen molar-refractivity contribution in [2.75, 3.05) is 46.2 Å². The summed E-state index contributed by atoms with van der Waals surface area (Å²) in [6.45, 7) is 5.70. The molecule has 0 saturated heterocycles. The molecule has 0 aliphatic carbocycles. The predicted octanol–water partition coefficient (Wildman–Crippen LogP) is 4.22. The van der Waals surface area contributed by atoms with Crippen LogP contribution in [0.3, 0.4) is 0 Å². The predicted molar refractivity (Wildman–Crippen MR) is 141 cm³/mol. The molecule has 3 aromatic rings. The van der Waals surface area contributed by atoms with Crippen LogP contribution in [-0.2, 0) is 13.1 Å². The van der Waals surface area contributed by atoms with Gasteiger partial charge in [-0.05, 0) is 67.7 Å². The number of hydrogen-bond donors (Lipinski definition) is 2. The smallest absolute Gasteiger partial charge is 0.219 e. The lowest BCUT2D eigenvalue weighted by Gasteiger charge is -2.20. The molecule has 12 nitrogen and oxygen atoms in total. The highest BCUT2D eigenvalue weighted by molar-refractivity contribution is 5.85. The molecule has 1 aromatic carbocycles. The number of anilines is 1. The molecule has 12 heteroatoms. The van der Waals surface area contributed by atoms with Gasteiger partial charge >= 0.3 is 0 Å². The zero-order chi connectivity index (χ0) is 25.9. The van der Waals surface area contributed by atoms with Gasteiger partial charge in [-0.15, -0.1) is 0 Å². The molecule has 2 aromatic heterocycles. The molecule has 2 heterocycles. The van der Waals surface area contributed by atoms with Crippen molar-refractivity contribution in [2.45, 2.75) is 45.7 Å². The SMILES string of the molecule is CCCCNc1nc(N=[N+]=[N-])nc2cn(Cc3c(OC)cc(CN(C)CCCCN)cc3OC)nc12. The van der Waals surface area contributed by atoms with E-state index in [9.17, 15) is 0 Å². The molecular formula is C24H36N10O2. The van der Waals surface area contributed by atoms with Crippen molar-refractivity contribution >= 4 is 22.8 Å². The van der Waals surface area contributed by atoms with Crippen molar-refractivity contribution in [1.82, 2.24) is 24.6 Å². The summed E-state index contributed by atoms with van der Waals surface area (Å²) in [6, 6.07) is 4.08. The van der Waals surface area contributed by atoms with E-state index in [1.807, 2.05) is 12.1 Å². The van der Waals surface area contributed by atoms with Gasteiger partial charge in [-0.1, -0.05) is 13.3 Å². The third-order valence-electron chi connectivity index (χ3n) is 5.79. The number of unbranched alkanes of at least 4 members (excludes halogenated alkanes) is 2. The molecule has 3 N–H and O–H groups in total. The third-order valence-corrected chi connectivity index (χ3v) is 5.79. The number of methoxy groups -OCH3 is 2. The number of nitrogens with one attached hydrogen (secondary N) is 1. The maximum atomic E-state index is 8.84. The molecule has 194 valence electrons. The van der Waals surface area contributed by atoms with Gasteiger partial charge in [0.1, 0.15) is 17.0 Å². The number of benzene rings is 1. The molecule has 0 atom stereocenters. The minimum Gasteiger partial charge on any atom is -0.496 e. The summed E-state index contributed by atoms with van der Waals surface area (Å²) in [5, 5.41) is 11.6. The van der Waals surface area contributed by atoms with Gasteiger partial charge in [0.05, 0.1) is 32.5 Å². The summed E-state index contributed by atoms with van der Waals surface area (Å²) in [7, 11) is 5.40. The number of nitrogens with two attached hydrogens (primary N) is 1. The molecule has 0 amide bonds. The largest absolute Gasteiger partial charge is 0.496 e. The molecule has 0 aliphatic heterocycles. The first-order chi connectivity index (χ1) is 17.5. The van der Waals surface area contributed by atoms with Crippen molar-refractivity contribution in [2.24, 2.45) is 10.8 Å². The van der Waals surface area contributed by atoms with Gasteiger partial charge in [0.15, 0.2) is 11.3 Å². The topological polar surface area (TPSA) is 152 Å². The fraction of sp³-hybridized carbons (Fsp3) is 0.542. The number of rotatable bonds is 15. The van der Waals surface area contributed by atoms with E-state index in [2.05, 4.69) is 44.2 Å². The maximum Gasteiger partial charge on any atom is 0.219 e. The maximum absolute atomic E-state index is 8.84. The third kappa shape index (κ3) is 6.97. The molecule has 0 aliphatic rings. The average Bonchev–Trinajstić information content (AvgIpc) is 3.27. The van der Waals surface area contributed by atoms with Gasteiger partial charge in [0.25, 0.3) is 0 Å². The van der Waals surface area contributed by atoms with Crippen LogP contribution >= 0.6 is 0 Å². The van der Waals surface area contributed by atoms with Gasteiger partial charge < -0.3 is 25.4 Å². The number of hydrogen-bond acceptors (Lipinski definition) is 9. The van der Waals surface area contributed by atoms with Gasteiger partial charge in [0, 0.05) is 18.0 Å². The van der Waals surface area contributed by atoms with Crippen LogP contribution in [0.1, 0.15) is 43.7 Å². The normalized spacial score (nSPS) is 11.1. The minimum atomic E-state index is 0.0543. The number of nitrogens with zero attached hydrogens (tertiary/aromatic N) is 8. The number of aromatic nitrogens is 4. The van der Waals surface area contributed by atoms with E-state index in [0.717, 1.165) is 67.9 Å². The summed E-state index contributed by atoms with van der Waals surface area (Å²) >= 11 is 0. The Morgan fingerprint density at radius 2 is 1.92 bits per heavy atom. The standard InChI is InChI=1S/C24H36N10O2/c1-5-6-10-27-23-22-19(28-24(29-23)30-32-26)16-34(31-22)15-18-20(35-3)12-17(13-21(18)36-4)14-33(2)11-8-7-9-25/h12-13,16H,5-11,14-15,25H2,1-4H3,(H,27,28,29). The Kier molecular flexibility index (Phi) is 10.1. The quantitative estimate of drug-likeness (QED) is 0.137. The van der Waals surface area contributed by atoms with Crippen LogP contribution in [0.2, 0.25) is 0 Å². The summed E-state index contributed by atoms with van der Waals surface area (Å²) in [5.41, 5.74) is 17.6. The van der Waals surface area contributed by atoms with Gasteiger partial charge in [-0.3, -0.25) is 4.68 Å². The molecular weight excluding hydrogens is 460 g/mol. The first-order valence-electron chi connectivity index (χ1n) is 12.2. The lowest BCUT2D eigenvalue weighted by Crippen LogP contribution is -2.20. The second-order valence-corrected chi connectivity index (χ2v) is 8.61. The Hall–Kier alpha value is -3.60. The van der Waals surface area contributed by atoms with Crippen molar-refractivity contribution in [3.63, 3.8) is 0 Å². The van der Waals surface area contributed by atoms with Crippen LogP contribution in [0, 0.1) is 0 Å². The highest BCUT2D eigenvalue weighted by Crippen LogP contribution is 2.32. The van der Waals surface area contributed by atoms with Gasteiger partial charge in [-0.25, -0.2) is 9.97 Å². The zero-order valence-corrected chi connectivity index (χ0v) is 21.6. The molecule has 0 radical (unpaired) electrons. The second kappa shape index (κ2) is 13.5. The van der Waals surface area contributed by atoms with Gasteiger partial charge in [0.2, 0.25) is 5.95 Å². The number of fused-ring (bicyclic) bond motifs is 1. The average molecular weight is 497 g/mol. The number of ether oxygens (including phenoxy) is 2. The van der Waals surface area contributed by atoms with Crippen LogP contribution in [0.5, 0.6) is 11.5 Å². The molecule has 0 spiro atoms. The lowest BCUT2D eigenvalue weighted by atomic mass is 10.1. The second-order valence-electron chi connectivity index (χ2n) is 8.61. The Labute approximate surface area is 211 Å².